The number of carbonyl (C=O) groups is 2. The van der Waals surface area contributed by atoms with Crippen LogP contribution < -0.4 is 5.32 Å². The molecule has 7 heteroatoms. The fourth-order valence-corrected chi connectivity index (χ4v) is 4.33. The number of rotatable bonds is 7. The molecule has 0 spiro atoms. The third kappa shape index (κ3) is 5.87. The van der Waals surface area contributed by atoms with E-state index in [-0.39, 0.29) is 11.8 Å². The minimum absolute atomic E-state index is 0.0245. The quantitative estimate of drug-likeness (QED) is 0.598. The number of nitrogens with zero attached hydrogens (tertiary/aromatic N) is 3. The number of ether oxygens (including phenoxy) is 1. The molecule has 1 N–H and O–H groups in total. The number of carbonyl (C=O) groups excluding carboxylic acids is 2. The third-order valence-corrected chi connectivity index (χ3v) is 5.88. The van der Waals surface area contributed by atoms with Gasteiger partial charge >= 0.3 is 0 Å². The molecule has 0 bridgehead atoms. The van der Waals surface area contributed by atoms with E-state index in [1.165, 1.54) is 0 Å². The van der Waals surface area contributed by atoms with Gasteiger partial charge in [-0.1, -0.05) is 35.9 Å². The van der Waals surface area contributed by atoms with Crippen LogP contribution in [0.3, 0.4) is 0 Å². The van der Waals surface area contributed by atoms with Crippen LogP contribution in [0.25, 0.3) is 5.69 Å². The molecule has 172 valence electrons. The number of piperidine rings is 1. The van der Waals surface area contributed by atoms with Crippen molar-refractivity contribution < 1.29 is 14.3 Å². The van der Waals surface area contributed by atoms with Gasteiger partial charge in [-0.25, -0.2) is 4.68 Å². The van der Waals surface area contributed by atoms with Crippen molar-refractivity contribution in [3.8, 4) is 5.69 Å². The number of aryl methyl sites for hydroxylation is 1. The van der Waals surface area contributed by atoms with Gasteiger partial charge in [0.15, 0.2) is 0 Å². The summed E-state index contributed by atoms with van der Waals surface area (Å²) in [5, 5.41) is 7.27. The molecule has 2 aromatic carbocycles. The molecular formula is C26H30N4O3. The van der Waals surface area contributed by atoms with E-state index in [1.54, 1.807) is 24.2 Å². The standard InChI is InChI=1S/C26H30N4O3/c1-19-6-3-7-20(12-19)13-25(31)28-23-15-27-30(17-23)24-10-4-9-22(14-24)26(32)29-11-5-8-21(16-29)18-33-2/h3-4,6-7,9-10,12,14-15,17,21H,5,8,11,13,16,18H2,1-2H3,(H,28,31)/t21-/m1/s1. The maximum absolute atomic E-state index is 13.1. The van der Waals surface area contributed by atoms with Crippen LogP contribution in [-0.2, 0) is 16.0 Å². The van der Waals surface area contributed by atoms with E-state index < -0.39 is 0 Å². The molecule has 1 aliphatic rings. The van der Waals surface area contributed by atoms with E-state index in [4.69, 9.17) is 4.74 Å². The second kappa shape index (κ2) is 10.4. The second-order valence-corrected chi connectivity index (χ2v) is 8.65. The molecule has 0 unspecified atom stereocenters. The van der Waals surface area contributed by atoms with Crippen molar-refractivity contribution in [3.63, 3.8) is 0 Å². The fourth-order valence-electron chi connectivity index (χ4n) is 4.33. The van der Waals surface area contributed by atoms with E-state index in [0.717, 1.165) is 42.7 Å². The van der Waals surface area contributed by atoms with Crippen molar-refractivity contribution in [3.05, 3.63) is 77.6 Å². The predicted octanol–water partition coefficient (Wildman–Crippen LogP) is 3.86. The van der Waals surface area contributed by atoms with Crippen LogP contribution in [0.15, 0.2) is 60.9 Å². The van der Waals surface area contributed by atoms with Crippen LogP contribution in [0.4, 0.5) is 5.69 Å². The van der Waals surface area contributed by atoms with Gasteiger partial charge in [-0.2, -0.15) is 5.10 Å². The molecule has 0 radical (unpaired) electrons. The molecule has 0 aliphatic carbocycles. The van der Waals surface area contributed by atoms with Crippen LogP contribution in [0.5, 0.6) is 0 Å². The maximum Gasteiger partial charge on any atom is 0.253 e. The summed E-state index contributed by atoms with van der Waals surface area (Å²) in [7, 11) is 1.70. The molecule has 0 saturated carbocycles. The van der Waals surface area contributed by atoms with Gasteiger partial charge in [0.25, 0.3) is 5.91 Å². The third-order valence-electron chi connectivity index (χ3n) is 5.88. The summed E-state index contributed by atoms with van der Waals surface area (Å²) in [6, 6.07) is 15.3. The highest BCUT2D eigenvalue weighted by atomic mass is 16.5. The van der Waals surface area contributed by atoms with Gasteiger partial charge in [0.1, 0.15) is 0 Å². The Morgan fingerprint density at radius 1 is 1.18 bits per heavy atom. The zero-order valence-electron chi connectivity index (χ0n) is 19.2. The van der Waals surface area contributed by atoms with E-state index in [1.807, 2.05) is 60.4 Å². The summed E-state index contributed by atoms with van der Waals surface area (Å²) >= 11 is 0. The molecule has 2 amide bonds. The zero-order chi connectivity index (χ0) is 23.2. The number of methoxy groups -OCH3 is 1. The highest BCUT2D eigenvalue weighted by molar-refractivity contribution is 5.95. The molecule has 7 nitrogen and oxygen atoms in total. The lowest BCUT2D eigenvalue weighted by Crippen LogP contribution is -2.41. The van der Waals surface area contributed by atoms with Crippen LogP contribution in [0.1, 0.15) is 34.3 Å². The maximum atomic E-state index is 13.1. The molecule has 2 heterocycles. The van der Waals surface area contributed by atoms with Crippen LogP contribution >= 0.6 is 0 Å². The smallest absolute Gasteiger partial charge is 0.253 e. The predicted molar refractivity (Wildman–Crippen MR) is 128 cm³/mol. The average Bonchev–Trinajstić information content (AvgIpc) is 3.27. The van der Waals surface area contributed by atoms with Crippen molar-refractivity contribution in [1.82, 2.24) is 14.7 Å². The van der Waals surface area contributed by atoms with Crippen LogP contribution in [0, 0.1) is 12.8 Å². The Labute approximate surface area is 194 Å². The molecule has 33 heavy (non-hydrogen) atoms. The summed E-state index contributed by atoms with van der Waals surface area (Å²) in [6.07, 6.45) is 5.75. The Balaban J connectivity index is 1.41. The Kier molecular flexibility index (Phi) is 7.19. The minimum atomic E-state index is -0.0974. The Morgan fingerprint density at radius 2 is 2.03 bits per heavy atom. The van der Waals surface area contributed by atoms with Crippen molar-refractivity contribution >= 4 is 17.5 Å². The van der Waals surface area contributed by atoms with Gasteiger partial charge in [0, 0.05) is 25.8 Å². The number of hydrogen-bond donors (Lipinski definition) is 1. The first-order valence-corrected chi connectivity index (χ1v) is 11.3. The normalized spacial score (nSPS) is 15.9. The van der Waals surface area contributed by atoms with Gasteiger partial charge < -0.3 is 15.0 Å². The molecule has 1 atom stereocenters. The topological polar surface area (TPSA) is 76.5 Å². The monoisotopic (exact) mass is 446 g/mol. The lowest BCUT2D eigenvalue weighted by Gasteiger charge is -2.32. The first-order chi connectivity index (χ1) is 16.0. The number of hydrogen-bond acceptors (Lipinski definition) is 4. The number of benzene rings is 2. The van der Waals surface area contributed by atoms with E-state index in [2.05, 4.69) is 10.4 Å². The summed E-state index contributed by atoms with van der Waals surface area (Å²) < 4.78 is 6.95. The number of anilines is 1. The lowest BCUT2D eigenvalue weighted by molar-refractivity contribution is -0.115. The molecule has 1 saturated heterocycles. The first-order valence-electron chi connectivity index (χ1n) is 11.3. The van der Waals surface area contributed by atoms with Crippen molar-refractivity contribution in [2.75, 3.05) is 32.1 Å². The van der Waals surface area contributed by atoms with Gasteiger partial charge in [-0.05, 0) is 49.4 Å². The number of nitrogens with one attached hydrogen (secondary N) is 1. The van der Waals surface area contributed by atoms with Crippen molar-refractivity contribution in [2.45, 2.75) is 26.2 Å². The molecule has 4 rings (SSSR count). The van der Waals surface area contributed by atoms with Gasteiger partial charge in [-0.3, -0.25) is 9.59 Å². The number of amides is 2. The van der Waals surface area contributed by atoms with Crippen LogP contribution in [0.2, 0.25) is 0 Å². The van der Waals surface area contributed by atoms with Crippen molar-refractivity contribution in [2.24, 2.45) is 5.92 Å². The zero-order valence-corrected chi connectivity index (χ0v) is 19.2. The highest BCUT2D eigenvalue weighted by Crippen LogP contribution is 2.20. The highest BCUT2D eigenvalue weighted by Gasteiger charge is 2.24. The largest absolute Gasteiger partial charge is 0.384 e. The molecule has 1 aromatic heterocycles. The fraction of sp³-hybridized carbons (Fsp3) is 0.346. The molecular weight excluding hydrogens is 416 g/mol. The van der Waals surface area contributed by atoms with E-state index in [9.17, 15) is 9.59 Å². The van der Waals surface area contributed by atoms with E-state index >= 15 is 0 Å². The van der Waals surface area contributed by atoms with Crippen molar-refractivity contribution in [1.29, 1.82) is 0 Å². The SMILES string of the molecule is COC[C@@H]1CCCN(C(=O)c2cccc(-n3cc(NC(=O)Cc4cccc(C)c4)cn3)c2)C1. The number of likely N-dealkylation sites (tertiary alicyclic amines) is 1. The van der Waals surface area contributed by atoms with Gasteiger partial charge in [0.2, 0.25) is 5.91 Å². The average molecular weight is 447 g/mol. The molecule has 1 aliphatic heterocycles. The minimum Gasteiger partial charge on any atom is -0.384 e. The van der Waals surface area contributed by atoms with E-state index in [0.29, 0.717) is 30.2 Å². The summed E-state index contributed by atoms with van der Waals surface area (Å²) in [5.74, 6) is 0.309. The second-order valence-electron chi connectivity index (χ2n) is 8.65. The summed E-state index contributed by atoms with van der Waals surface area (Å²) in [6.45, 7) is 4.17. The molecule has 1 fully saturated rings. The van der Waals surface area contributed by atoms with Gasteiger partial charge in [-0.15, -0.1) is 0 Å². The summed E-state index contributed by atoms with van der Waals surface area (Å²) in [5.41, 5.74) is 4.11. The van der Waals surface area contributed by atoms with Gasteiger partial charge in [0.05, 0.1) is 36.8 Å². The Morgan fingerprint density at radius 3 is 2.85 bits per heavy atom. The molecule has 3 aromatic rings. The lowest BCUT2D eigenvalue weighted by atomic mass is 9.98. The first kappa shape index (κ1) is 22.7. The van der Waals surface area contributed by atoms with Crippen LogP contribution in [-0.4, -0.2) is 53.3 Å². The Hall–Kier alpha value is -3.45. The Bertz CT molecular complexity index is 1120. The number of aromatic nitrogens is 2. The summed E-state index contributed by atoms with van der Waals surface area (Å²) in [4.78, 5) is 27.4.